The maximum Gasteiger partial charge on any atom is 0.573 e. The van der Waals surface area contributed by atoms with E-state index in [2.05, 4.69) is 10.1 Å². The Kier molecular flexibility index (Phi) is 4.87. The minimum Gasteiger partial charge on any atom is -0.492 e. The van der Waals surface area contributed by atoms with Crippen LogP contribution in [0, 0.1) is 0 Å². The van der Waals surface area contributed by atoms with Crippen molar-refractivity contribution in [2.24, 2.45) is 0 Å². The second-order valence-corrected chi connectivity index (χ2v) is 5.73. The smallest absolute Gasteiger partial charge is 0.492 e. The molecule has 0 bridgehead atoms. The second-order valence-electron chi connectivity index (χ2n) is 5.73. The molecule has 0 aliphatic carbocycles. The Bertz CT molecular complexity index is 758. The van der Waals surface area contributed by atoms with E-state index in [-0.39, 0.29) is 12.4 Å². The number of rotatable bonds is 5. The van der Waals surface area contributed by atoms with Crippen LogP contribution in [-0.4, -0.2) is 25.1 Å². The van der Waals surface area contributed by atoms with Crippen LogP contribution in [0.25, 0.3) is 11.1 Å². The predicted molar refractivity (Wildman–Crippen MR) is 86.4 cm³/mol. The zero-order valence-electron chi connectivity index (χ0n) is 13.6. The topological polar surface area (TPSA) is 50.7 Å². The molecule has 0 radical (unpaired) electrons. The first-order valence-electron chi connectivity index (χ1n) is 7.85. The van der Waals surface area contributed by atoms with Crippen molar-refractivity contribution in [1.29, 1.82) is 0 Å². The largest absolute Gasteiger partial charge is 0.573 e. The van der Waals surface area contributed by atoms with Crippen LogP contribution in [0.2, 0.25) is 0 Å². The van der Waals surface area contributed by atoms with E-state index in [1.165, 1.54) is 12.1 Å². The quantitative estimate of drug-likeness (QED) is 0.865. The van der Waals surface area contributed by atoms with Gasteiger partial charge in [0.1, 0.15) is 11.5 Å². The number of aliphatic hydroxyl groups excluding tert-OH is 1. The van der Waals surface area contributed by atoms with Crippen molar-refractivity contribution in [3.8, 4) is 22.6 Å². The first kappa shape index (κ1) is 17.6. The summed E-state index contributed by atoms with van der Waals surface area (Å²) in [4.78, 5) is 0. The number of benzene rings is 2. The molecule has 0 saturated heterocycles. The van der Waals surface area contributed by atoms with E-state index in [9.17, 15) is 18.3 Å². The van der Waals surface area contributed by atoms with Gasteiger partial charge in [-0.3, -0.25) is 0 Å². The highest BCUT2D eigenvalue weighted by atomic mass is 19.4. The summed E-state index contributed by atoms with van der Waals surface area (Å²) in [6, 6.07) is 7.61. The van der Waals surface area contributed by atoms with E-state index in [1.807, 2.05) is 13.1 Å². The van der Waals surface area contributed by atoms with Crippen LogP contribution in [0.3, 0.4) is 0 Å². The first-order chi connectivity index (χ1) is 11.9. The summed E-state index contributed by atoms with van der Waals surface area (Å²) in [6.07, 6.45) is -4.01. The number of alkyl halides is 3. The highest BCUT2D eigenvalue weighted by molar-refractivity contribution is 5.75. The molecule has 0 atom stereocenters. The van der Waals surface area contributed by atoms with Gasteiger partial charge >= 0.3 is 6.36 Å². The molecule has 0 aromatic heterocycles. The first-order valence-corrected chi connectivity index (χ1v) is 7.85. The van der Waals surface area contributed by atoms with Crippen LogP contribution in [0.15, 0.2) is 30.3 Å². The van der Waals surface area contributed by atoms with Crippen molar-refractivity contribution in [2.75, 3.05) is 13.7 Å². The predicted octanol–water partition coefficient (Wildman–Crippen LogP) is 3.40. The van der Waals surface area contributed by atoms with Crippen LogP contribution in [0.1, 0.15) is 16.7 Å². The lowest BCUT2D eigenvalue weighted by molar-refractivity contribution is -0.274. The van der Waals surface area contributed by atoms with Crippen LogP contribution in [0.4, 0.5) is 13.2 Å². The van der Waals surface area contributed by atoms with Crippen LogP contribution < -0.4 is 14.8 Å². The molecule has 1 aliphatic heterocycles. The van der Waals surface area contributed by atoms with Gasteiger partial charge in [-0.25, -0.2) is 0 Å². The second kappa shape index (κ2) is 6.93. The van der Waals surface area contributed by atoms with Gasteiger partial charge in [0, 0.05) is 24.1 Å². The Morgan fingerprint density at radius 2 is 1.96 bits per heavy atom. The Labute approximate surface area is 143 Å². The average Bonchev–Trinajstić information content (AvgIpc) is 3.03. The Morgan fingerprint density at radius 1 is 1.24 bits per heavy atom. The molecule has 134 valence electrons. The summed E-state index contributed by atoms with van der Waals surface area (Å²) < 4.78 is 46.5. The zero-order chi connectivity index (χ0) is 18.0. The number of halogens is 3. The maximum absolute atomic E-state index is 12.3. The third kappa shape index (κ3) is 3.72. The fourth-order valence-electron chi connectivity index (χ4n) is 3.10. The van der Waals surface area contributed by atoms with Gasteiger partial charge in [0.15, 0.2) is 0 Å². The van der Waals surface area contributed by atoms with Gasteiger partial charge in [0.2, 0.25) is 0 Å². The van der Waals surface area contributed by atoms with Crippen LogP contribution in [-0.2, 0) is 19.6 Å². The summed E-state index contributed by atoms with van der Waals surface area (Å²) >= 11 is 0. The number of ether oxygens (including phenoxy) is 2. The molecule has 0 fully saturated rings. The van der Waals surface area contributed by atoms with Gasteiger partial charge in [0.05, 0.1) is 13.2 Å². The minimum atomic E-state index is -4.71. The molecule has 7 heteroatoms. The van der Waals surface area contributed by atoms with Crippen molar-refractivity contribution in [2.45, 2.75) is 25.9 Å². The number of fused-ring (bicyclic) bond motifs is 1. The van der Waals surface area contributed by atoms with Crippen molar-refractivity contribution >= 4 is 0 Å². The molecule has 0 saturated carbocycles. The number of nitrogens with one attached hydrogen (secondary N) is 1. The average molecular weight is 353 g/mol. The van der Waals surface area contributed by atoms with Crippen molar-refractivity contribution in [1.82, 2.24) is 5.32 Å². The highest BCUT2D eigenvalue weighted by Gasteiger charge is 2.31. The number of hydrogen-bond donors (Lipinski definition) is 2. The molecule has 0 amide bonds. The lowest BCUT2D eigenvalue weighted by Crippen LogP contribution is -2.16. The standard InChI is InChI=1S/C18H18F3NO3/c1-22-9-12-8-15(17-14(6-7-24-17)16(12)10-23)11-2-4-13(5-3-11)25-18(19,20)21/h2-5,8,22-23H,6-7,9-10H2,1H3. The van der Waals surface area contributed by atoms with Crippen LogP contribution in [0.5, 0.6) is 11.5 Å². The Hall–Kier alpha value is -2.25. The van der Waals surface area contributed by atoms with Gasteiger partial charge in [-0.05, 0) is 41.9 Å². The lowest BCUT2D eigenvalue weighted by atomic mass is 9.92. The van der Waals surface area contributed by atoms with Crippen molar-refractivity contribution < 1.29 is 27.8 Å². The van der Waals surface area contributed by atoms with E-state index in [1.54, 1.807) is 12.1 Å². The van der Waals surface area contributed by atoms with Gasteiger partial charge in [-0.2, -0.15) is 0 Å². The summed E-state index contributed by atoms with van der Waals surface area (Å²) in [7, 11) is 1.81. The molecule has 4 nitrogen and oxygen atoms in total. The molecule has 2 N–H and O–H groups in total. The summed E-state index contributed by atoms with van der Waals surface area (Å²) in [5.74, 6) is 0.421. The molecule has 0 spiro atoms. The van der Waals surface area contributed by atoms with Gasteiger partial charge in [-0.15, -0.1) is 13.2 Å². The fourth-order valence-corrected chi connectivity index (χ4v) is 3.10. The van der Waals surface area contributed by atoms with Crippen LogP contribution >= 0.6 is 0 Å². The molecule has 1 aliphatic rings. The zero-order valence-corrected chi connectivity index (χ0v) is 13.6. The molecular weight excluding hydrogens is 335 g/mol. The van der Waals surface area contributed by atoms with Crippen molar-refractivity contribution in [3.05, 3.63) is 47.0 Å². The highest BCUT2D eigenvalue weighted by Crippen LogP contribution is 2.41. The summed E-state index contributed by atoms with van der Waals surface area (Å²) in [5, 5.41) is 12.8. The summed E-state index contributed by atoms with van der Waals surface area (Å²) in [6.45, 7) is 1.01. The van der Waals surface area contributed by atoms with Gasteiger partial charge < -0.3 is 19.9 Å². The summed E-state index contributed by atoms with van der Waals surface area (Å²) in [5.41, 5.74) is 4.28. The fraction of sp³-hybridized carbons (Fsp3) is 0.333. The van der Waals surface area contributed by atoms with E-state index < -0.39 is 6.36 Å². The number of hydrogen-bond acceptors (Lipinski definition) is 4. The normalized spacial score (nSPS) is 13.5. The molecule has 25 heavy (non-hydrogen) atoms. The molecule has 0 unspecified atom stereocenters. The molecular formula is C18H18F3NO3. The Balaban J connectivity index is 2.02. The molecule has 3 rings (SSSR count). The van der Waals surface area contributed by atoms with Gasteiger partial charge in [0.25, 0.3) is 0 Å². The SMILES string of the molecule is CNCc1cc(-c2ccc(OC(F)(F)F)cc2)c2c(c1CO)CCO2. The minimum absolute atomic E-state index is 0.0820. The van der Waals surface area contributed by atoms with E-state index in [0.717, 1.165) is 27.8 Å². The third-order valence-corrected chi connectivity index (χ3v) is 4.11. The Morgan fingerprint density at radius 3 is 2.56 bits per heavy atom. The molecule has 1 heterocycles. The van der Waals surface area contributed by atoms with Crippen molar-refractivity contribution in [3.63, 3.8) is 0 Å². The van der Waals surface area contributed by atoms with E-state index >= 15 is 0 Å². The van der Waals surface area contributed by atoms with Gasteiger partial charge in [-0.1, -0.05) is 12.1 Å². The molecule has 2 aromatic rings. The number of aliphatic hydroxyl groups is 1. The monoisotopic (exact) mass is 353 g/mol. The van der Waals surface area contributed by atoms with E-state index in [4.69, 9.17) is 4.74 Å². The van der Waals surface area contributed by atoms with E-state index in [0.29, 0.717) is 25.3 Å². The third-order valence-electron chi connectivity index (χ3n) is 4.11. The molecule has 2 aromatic carbocycles. The maximum atomic E-state index is 12.3. The lowest BCUT2D eigenvalue weighted by Gasteiger charge is -2.16.